The Morgan fingerprint density at radius 2 is 1.72 bits per heavy atom. The maximum atomic E-state index is 12.1. The lowest BCUT2D eigenvalue weighted by Crippen LogP contribution is -2.24. The van der Waals surface area contributed by atoms with Crippen LogP contribution in [0, 0.1) is 0 Å². The third-order valence-electron chi connectivity index (χ3n) is 4.72. The highest BCUT2D eigenvalue weighted by atomic mass is 16.1. The summed E-state index contributed by atoms with van der Waals surface area (Å²) in [7, 11) is 0. The van der Waals surface area contributed by atoms with E-state index < -0.39 is 0 Å². The third-order valence-corrected chi connectivity index (χ3v) is 4.72. The largest absolute Gasteiger partial charge is 0.372 e. The fraction of sp³-hybridized carbons (Fsp3) is 0.381. The van der Waals surface area contributed by atoms with Gasteiger partial charge in [0.15, 0.2) is 0 Å². The molecule has 4 heteroatoms. The van der Waals surface area contributed by atoms with E-state index in [0.717, 1.165) is 18.8 Å². The lowest BCUT2D eigenvalue weighted by molar-refractivity contribution is -0.116. The minimum absolute atomic E-state index is 0.0432. The van der Waals surface area contributed by atoms with Crippen molar-refractivity contribution in [2.24, 2.45) is 0 Å². The Balaban J connectivity index is 1.41. The molecule has 1 unspecified atom stereocenters. The number of benzene rings is 2. The highest BCUT2D eigenvalue weighted by Crippen LogP contribution is 2.22. The van der Waals surface area contributed by atoms with Crippen LogP contribution in [-0.4, -0.2) is 25.5 Å². The first-order chi connectivity index (χ1) is 12.2. The topological polar surface area (TPSA) is 44.4 Å². The average Bonchev–Trinajstić information content (AvgIpc) is 3.18. The quantitative estimate of drug-likeness (QED) is 0.803. The number of nitrogens with zero attached hydrogens (tertiary/aromatic N) is 1. The summed E-state index contributed by atoms with van der Waals surface area (Å²) in [4.78, 5) is 14.5. The summed E-state index contributed by atoms with van der Waals surface area (Å²) in [5.41, 5.74) is 3.35. The molecule has 1 fully saturated rings. The van der Waals surface area contributed by atoms with Crippen LogP contribution >= 0.6 is 0 Å². The van der Waals surface area contributed by atoms with Gasteiger partial charge in [0.05, 0.1) is 0 Å². The van der Waals surface area contributed by atoms with Gasteiger partial charge >= 0.3 is 0 Å². The van der Waals surface area contributed by atoms with Crippen LogP contribution in [0.1, 0.15) is 37.8 Å². The zero-order valence-electron chi connectivity index (χ0n) is 14.9. The van der Waals surface area contributed by atoms with E-state index in [-0.39, 0.29) is 11.9 Å². The molecule has 0 radical (unpaired) electrons. The van der Waals surface area contributed by atoms with E-state index in [1.165, 1.54) is 24.1 Å². The van der Waals surface area contributed by atoms with Gasteiger partial charge in [0.1, 0.15) is 0 Å². The van der Waals surface area contributed by atoms with Crippen molar-refractivity contribution in [2.75, 3.05) is 29.9 Å². The van der Waals surface area contributed by atoms with Gasteiger partial charge in [-0.15, -0.1) is 0 Å². The molecule has 1 aliphatic heterocycles. The molecule has 0 spiro atoms. The number of carbonyl (C=O) groups is 1. The fourth-order valence-electron chi connectivity index (χ4n) is 3.22. The number of rotatable bonds is 7. The predicted octanol–water partition coefficient (Wildman–Crippen LogP) is 3.97. The minimum Gasteiger partial charge on any atom is -0.372 e. The smallest absolute Gasteiger partial charge is 0.225 e. The molecule has 0 aromatic heterocycles. The van der Waals surface area contributed by atoms with Crippen LogP contribution in [0.3, 0.4) is 0 Å². The molecule has 1 saturated heterocycles. The van der Waals surface area contributed by atoms with Gasteiger partial charge in [-0.05, 0) is 49.6 Å². The van der Waals surface area contributed by atoms with E-state index >= 15 is 0 Å². The lowest BCUT2D eigenvalue weighted by Gasteiger charge is -2.18. The van der Waals surface area contributed by atoms with Crippen molar-refractivity contribution in [3.05, 3.63) is 60.2 Å². The molecular weight excluding hydrogens is 310 g/mol. The van der Waals surface area contributed by atoms with Gasteiger partial charge in [-0.3, -0.25) is 4.79 Å². The van der Waals surface area contributed by atoms with Crippen LogP contribution in [0.25, 0.3) is 0 Å². The summed E-state index contributed by atoms with van der Waals surface area (Å²) in [6.07, 6.45) is 3.00. The number of hydrogen-bond acceptors (Lipinski definition) is 3. The van der Waals surface area contributed by atoms with E-state index in [1.807, 2.05) is 30.3 Å². The normalized spacial score (nSPS) is 15.2. The number of hydrogen-bond donors (Lipinski definition) is 2. The third kappa shape index (κ3) is 5.07. The summed E-state index contributed by atoms with van der Waals surface area (Å²) in [5, 5.41) is 6.37. The number of anilines is 2. The van der Waals surface area contributed by atoms with Gasteiger partial charge in [0, 0.05) is 43.5 Å². The SMILES string of the molecule is CC(NCCC(=O)Nc1ccc(N2CCCC2)cc1)c1ccccc1. The van der Waals surface area contributed by atoms with Gasteiger partial charge < -0.3 is 15.5 Å². The highest BCUT2D eigenvalue weighted by Gasteiger charge is 2.12. The monoisotopic (exact) mass is 337 g/mol. The summed E-state index contributed by atoms with van der Waals surface area (Å²) in [6, 6.07) is 18.7. The van der Waals surface area contributed by atoms with Crippen LogP contribution in [0.5, 0.6) is 0 Å². The van der Waals surface area contributed by atoms with Crippen molar-refractivity contribution in [1.82, 2.24) is 5.32 Å². The van der Waals surface area contributed by atoms with Gasteiger partial charge in [-0.1, -0.05) is 30.3 Å². The average molecular weight is 337 g/mol. The second-order valence-electron chi connectivity index (χ2n) is 6.63. The molecule has 0 saturated carbocycles. The Morgan fingerprint density at radius 3 is 2.40 bits per heavy atom. The number of carbonyl (C=O) groups excluding carboxylic acids is 1. The van der Waals surface area contributed by atoms with Crippen molar-refractivity contribution in [2.45, 2.75) is 32.2 Å². The second kappa shape index (κ2) is 8.67. The number of amides is 1. The molecular formula is C21H27N3O. The van der Waals surface area contributed by atoms with Crippen LogP contribution < -0.4 is 15.5 Å². The first-order valence-electron chi connectivity index (χ1n) is 9.15. The van der Waals surface area contributed by atoms with Gasteiger partial charge in [0.2, 0.25) is 5.91 Å². The van der Waals surface area contributed by atoms with Crippen LogP contribution in [0.2, 0.25) is 0 Å². The zero-order chi connectivity index (χ0) is 17.5. The van der Waals surface area contributed by atoms with Gasteiger partial charge in [-0.25, -0.2) is 0 Å². The Kier molecular flexibility index (Phi) is 6.07. The second-order valence-corrected chi connectivity index (χ2v) is 6.63. The van der Waals surface area contributed by atoms with Crippen molar-refractivity contribution in [3.8, 4) is 0 Å². The van der Waals surface area contributed by atoms with Gasteiger partial charge in [-0.2, -0.15) is 0 Å². The van der Waals surface area contributed by atoms with Crippen molar-refractivity contribution >= 4 is 17.3 Å². The maximum absolute atomic E-state index is 12.1. The zero-order valence-corrected chi connectivity index (χ0v) is 14.9. The standard InChI is InChI=1S/C21H27N3O/c1-17(18-7-3-2-4-8-18)22-14-13-21(25)23-19-9-11-20(12-10-19)24-15-5-6-16-24/h2-4,7-12,17,22H,5-6,13-16H2,1H3,(H,23,25). The molecule has 2 aromatic carbocycles. The van der Waals surface area contributed by atoms with Crippen LogP contribution in [-0.2, 0) is 4.79 Å². The van der Waals surface area contributed by atoms with E-state index in [9.17, 15) is 4.79 Å². The molecule has 2 aromatic rings. The Labute approximate surface area is 150 Å². The van der Waals surface area contributed by atoms with Crippen molar-refractivity contribution < 1.29 is 4.79 Å². The van der Waals surface area contributed by atoms with Crippen LogP contribution in [0.15, 0.2) is 54.6 Å². The Hall–Kier alpha value is -2.33. The molecule has 1 amide bonds. The molecule has 1 atom stereocenters. The van der Waals surface area contributed by atoms with Gasteiger partial charge in [0.25, 0.3) is 0 Å². The van der Waals surface area contributed by atoms with Crippen LogP contribution in [0.4, 0.5) is 11.4 Å². The first-order valence-corrected chi connectivity index (χ1v) is 9.15. The molecule has 1 aliphatic rings. The van der Waals surface area contributed by atoms with E-state index in [0.29, 0.717) is 13.0 Å². The molecule has 2 N–H and O–H groups in total. The minimum atomic E-state index is 0.0432. The summed E-state index contributed by atoms with van der Waals surface area (Å²) >= 11 is 0. The Bertz CT molecular complexity index is 663. The summed E-state index contributed by atoms with van der Waals surface area (Å²) < 4.78 is 0. The van der Waals surface area contributed by atoms with E-state index in [2.05, 4.69) is 46.7 Å². The summed E-state index contributed by atoms with van der Waals surface area (Å²) in [5.74, 6) is 0.0432. The van der Waals surface area contributed by atoms with E-state index in [4.69, 9.17) is 0 Å². The molecule has 3 rings (SSSR count). The molecule has 25 heavy (non-hydrogen) atoms. The van der Waals surface area contributed by atoms with Crippen molar-refractivity contribution in [1.29, 1.82) is 0 Å². The highest BCUT2D eigenvalue weighted by molar-refractivity contribution is 5.91. The molecule has 0 aliphatic carbocycles. The molecule has 4 nitrogen and oxygen atoms in total. The van der Waals surface area contributed by atoms with E-state index in [1.54, 1.807) is 0 Å². The molecule has 132 valence electrons. The predicted molar refractivity (Wildman–Crippen MR) is 104 cm³/mol. The van der Waals surface area contributed by atoms with Crippen molar-refractivity contribution in [3.63, 3.8) is 0 Å². The maximum Gasteiger partial charge on any atom is 0.225 e. The first kappa shape index (κ1) is 17.5. The number of nitrogens with one attached hydrogen (secondary N) is 2. The fourth-order valence-corrected chi connectivity index (χ4v) is 3.22. The lowest BCUT2D eigenvalue weighted by atomic mass is 10.1. The Morgan fingerprint density at radius 1 is 1.04 bits per heavy atom. The summed E-state index contributed by atoms with van der Waals surface area (Å²) in [6.45, 7) is 5.05. The molecule has 1 heterocycles. The molecule has 0 bridgehead atoms.